The van der Waals surface area contributed by atoms with Crippen LogP contribution < -0.4 is 0 Å². The van der Waals surface area contributed by atoms with Crippen LogP contribution in [0.3, 0.4) is 0 Å². The number of aliphatic hydroxyl groups excluding tert-OH is 1. The lowest BCUT2D eigenvalue weighted by Gasteiger charge is -2.13. The highest BCUT2D eigenvalue weighted by molar-refractivity contribution is 6.03. The summed E-state index contributed by atoms with van der Waals surface area (Å²) < 4.78 is 8.26. The number of carbonyl (C=O) groups is 2. The van der Waals surface area contributed by atoms with E-state index in [9.17, 15) is 14.7 Å². The Labute approximate surface area is 212 Å². The molecule has 10 heteroatoms. The molecule has 1 fully saturated rings. The number of aliphatic hydroxyl groups is 2. The van der Waals surface area contributed by atoms with Gasteiger partial charge in [0.1, 0.15) is 0 Å². The number of ether oxygens (including phenoxy) is 1. The van der Waals surface area contributed by atoms with E-state index in [4.69, 9.17) is 9.84 Å². The average molecular weight is 500 g/mol. The van der Waals surface area contributed by atoms with Gasteiger partial charge < -0.3 is 19.8 Å². The number of likely N-dealkylation sites (N-methyl/N-ethyl adjacent to an activating group) is 1. The van der Waals surface area contributed by atoms with Gasteiger partial charge in [-0.1, -0.05) is 24.0 Å². The number of amides is 1. The smallest absolute Gasteiger partial charge is 0.359 e. The van der Waals surface area contributed by atoms with Crippen LogP contribution in [0.15, 0.2) is 54.9 Å². The Morgan fingerprint density at radius 1 is 1.22 bits per heavy atom. The molecule has 0 aliphatic carbocycles. The maximum atomic E-state index is 12.6. The summed E-state index contributed by atoms with van der Waals surface area (Å²) in [6, 6.07) is 12.8. The highest BCUT2D eigenvalue weighted by atomic mass is 16.5. The zero-order valence-electron chi connectivity index (χ0n) is 20.4. The van der Waals surface area contributed by atoms with Crippen molar-refractivity contribution in [3.63, 3.8) is 0 Å². The van der Waals surface area contributed by atoms with E-state index in [2.05, 4.69) is 22.0 Å². The van der Waals surface area contributed by atoms with E-state index < -0.39 is 17.5 Å². The third-order valence-electron chi connectivity index (χ3n) is 6.37. The van der Waals surface area contributed by atoms with Crippen LogP contribution in [-0.2, 0) is 16.1 Å². The number of likely N-dealkylation sites (tertiary alicyclic amines) is 1. The minimum Gasteiger partial charge on any atom is -0.464 e. The van der Waals surface area contributed by atoms with Crippen molar-refractivity contribution in [1.82, 2.24) is 24.5 Å². The molecule has 1 aliphatic heterocycles. The van der Waals surface area contributed by atoms with Gasteiger partial charge in [-0.25, -0.2) is 9.48 Å². The van der Waals surface area contributed by atoms with Gasteiger partial charge in [0.15, 0.2) is 5.69 Å². The molecule has 0 spiro atoms. The molecule has 2 aromatic carbocycles. The Morgan fingerprint density at radius 3 is 2.78 bits per heavy atom. The summed E-state index contributed by atoms with van der Waals surface area (Å²) in [7, 11) is 2.94. The number of hydrogen-bond donors (Lipinski definition) is 2. The van der Waals surface area contributed by atoms with Crippen LogP contribution in [0.4, 0.5) is 0 Å². The van der Waals surface area contributed by atoms with E-state index in [0.717, 1.165) is 11.1 Å². The molecular weight excluding hydrogens is 474 g/mol. The van der Waals surface area contributed by atoms with Crippen molar-refractivity contribution in [1.29, 1.82) is 0 Å². The molecular formula is C27H25N5O5. The summed E-state index contributed by atoms with van der Waals surface area (Å²) in [5, 5.41) is 29.2. The Kier molecular flexibility index (Phi) is 6.25. The second-order valence-corrected chi connectivity index (χ2v) is 8.84. The van der Waals surface area contributed by atoms with Crippen molar-refractivity contribution >= 4 is 22.8 Å². The largest absolute Gasteiger partial charge is 0.464 e. The topological polar surface area (TPSA) is 123 Å². The van der Waals surface area contributed by atoms with Crippen molar-refractivity contribution in [2.45, 2.75) is 18.6 Å². The molecule has 1 aliphatic rings. The minimum absolute atomic E-state index is 0.0184. The van der Waals surface area contributed by atoms with Crippen molar-refractivity contribution in [2.24, 2.45) is 0 Å². The van der Waals surface area contributed by atoms with Crippen LogP contribution in [0.2, 0.25) is 0 Å². The van der Waals surface area contributed by atoms with E-state index in [0.29, 0.717) is 35.2 Å². The first kappa shape index (κ1) is 24.2. The number of rotatable bonds is 5. The Hall–Kier alpha value is -4.46. The van der Waals surface area contributed by atoms with Crippen molar-refractivity contribution in [3.05, 3.63) is 66.1 Å². The van der Waals surface area contributed by atoms with Gasteiger partial charge in [0, 0.05) is 42.7 Å². The molecule has 188 valence electrons. The quantitative estimate of drug-likeness (QED) is 0.316. The van der Waals surface area contributed by atoms with Gasteiger partial charge in [0.25, 0.3) is 5.91 Å². The van der Waals surface area contributed by atoms with Crippen LogP contribution in [0.1, 0.15) is 22.5 Å². The third kappa shape index (κ3) is 4.46. The summed E-state index contributed by atoms with van der Waals surface area (Å²) in [6.45, 7) is 0.814. The molecule has 0 saturated carbocycles. The van der Waals surface area contributed by atoms with Gasteiger partial charge in [-0.2, -0.15) is 10.2 Å². The number of aromatic nitrogens is 4. The molecule has 0 radical (unpaired) electrons. The maximum Gasteiger partial charge on any atom is 0.359 e. The predicted molar refractivity (Wildman–Crippen MR) is 135 cm³/mol. The first-order valence-electron chi connectivity index (χ1n) is 11.7. The number of carbonyl (C=O) groups excluding carboxylic acids is 2. The fourth-order valence-corrected chi connectivity index (χ4v) is 4.34. The first-order chi connectivity index (χ1) is 17.8. The standard InChI is InChI=1S/C27H25N5O5/c1-30-11-10-27(36,26(30)35)9-8-18-4-3-5-21(14-18)32-23-7-6-19(20-16-28-31(17-20)12-13-33)15-22(23)24(29-32)25(34)37-2/h3-7,14-17,33,36H,10-13H2,1-2H3. The SMILES string of the molecule is COC(=O)c1nn(-c2cccc(C#CC3(O)CCN(C)C3=O)c2)c2ccc(-c3cnn(CCO)c3)cc12. The van der Waals surface area contributed by atoms with Crippen LogP contribution in [0.5, 0.6) is 0 Å². The van der Waals surface area contributed by atoms with Crippen LogP contribution in [-0.4, -0.2) is 79.5 Å². The lowest BCUT2D eigenvalue weighted by Crippen LogP contribution is -2.37. The van der Waals surface area contributed by atoms with Crippen molar-refractivity contribution < 1.29 is 24.5 Å². The maximum absolute atomic E-state index is 12.6. The molecule has 3 heterocycles. The van der Waals surface area contributed by atoms with E-state index >= 15 is 0 Å². The molecule has 1 amide bonds. The Bertz CT molecular complexity index is 1580. The third-order valence-corrected chi connectivity index (χ3v) is 6.37. The molecule has 37 heavy (non-hydrogen) atoms. The number of methoxy groups -OCH3 is 1. The van der Waals surface area contributed by atoms with E-state index in [1.165, 1.54) is 12.0 Å². The van der Waals surface area contributed by atoms with Gasteiger partial charge in [0.05, 0.1) is 37.7 Å². The van der Waals surface area contributed by atoms with Crippen molar-refractivity contribution in [2.75, 3.05) is 27.3 Å². The number of fused-ring (bicyclic) bond motifs is 1. The zero-order valence-corrected chi connectivity index (χ0v) is 20.4. The second kappa shape index (κ2) is 9.54. The minimum atomic E-state index is -1.69. The molecule has 4 aromatic rings. The second-order valence-electron chi connectivity index (χ2n) is 8.84. The number of nitrogens with zero attached hydrogens (tertiary/aromatic N) is 5. The van der Waals surface area contributed by atoms with E-state index in [1.54, 1.807) is 40.8 Å². The Morgan fingerprint density at radius 2 is 2.05 bits per heavy atom. The molecule has 1 atom stereocenters. The number of esters is 1. The highest BCUT2D eigenvalue weighted by Crippen LogP contribution is 2.29. The van der Waals surface area contributed by atoms with Gasteiger partial charge in [-0.05, 0) is 35.9 Å². The lowest BCUT2D eigenvalue weighted by molar-refractivity contribution is -0.137. The van der Waals surface area contributed by atoms with Crippen molar-refractivity contribution in [3.8, 4) is 28.7 Å². The van der Waals surface area contributed by atoms with Gasteiger partial charge in [-0.3, -0.25) is 9.48 Å². The summed E-state index contributed by atoms with van der Waals surface area (Å²) in [5.41, 5.74) is 2.06. The van der Waals surface area contributed by atoms with Crippen LogP contribution in [0, 0.1) is 11.8 Å². The molecule has 5 rings (SSSR count). The normalized spacial score (nSPS) is 17.2. The summed E-state index contributed by atoms with van der Waals surface area (Å²) in [4.78, 5) is 26.3. The van der Waals surface area contributed by atoms with Gasteiger partial charge in [0.2, 0.25) is 5.60 Å². The number of benzene rings is 2. The fraction of sp³-hybridized carbons (Fsp3) is 0.259. The highest BCUT2D eigenvalue weighted by Gasteiger charge is 2.42. The molecule has 0 bridgehead atoms. The molecule has 1 saturated heterocycles. The van der Waals surface area contributed by atoms with E-state index in [1.807, 2.05) is 30.5 Å². The monoisotopic (exact) mass is 499 g/mol. The molecule has 10 nitrogen and oxygen atoms in total. The lowest BCUT2D eigenvalue weighted by atomic mass is 10.0. The summed E-state index contributed by atoms with van der Waals surface area (Å²) >= 11 is 0. The summed E-state index contributed by atoms with van der Waals surface area (Å²) in [6.07, 6.45) is 3.77. The van der Waals surface area contributed by atoms with Gasteiger partial charge in [-0.15, -0.1) is 0 Å². The molecule has 2 aromatic heterocycles. The number of hydrogen-bond acceptors (Lipinski definition) is 7. The van der Waals surface area contributed by atoms with Crippen LogP contribution >= 0.6 is 0 Å². The first-order valence-corrected chi connectivity index (χ1v) is 11.7. The fourth-order valence-electron chi connectivity index (χ4n) is 4.34. The van der Waals surface area contributed by atoms with Crippen LogP contribution in [0.25, 0.3) is 27.7 Å². The molecule has 2 N–H and O–H groups in total. The zero-order chi connectivity index (χ0) is 26.2. The van der Waals surface area contributed by atoms with Gasteiger partial charge >= 0.3 is 5.97 Å². The molecule has 1 unspecified atom stereocenters. The average Bonchev–Trinajstić information content (AvgIpc) is 3.61. The predicted octanol–water partition coefficient (Wildman–Crippen LogP) is 1.61. The summed E-state index contributed by atoms with van der Waals surface area (Å²) in [5.74, 6) is 4.66. The Balaban J connectivity index is 1.56. The van der Waals surface area contributed by atoms with E-state index in [-0.39, 0.29) is 18.7 Å².